The molecule has 1 N–H and O–H groups in total. The van der Waals surface area contributed by atoms with Crippen LogP contribution in [0.4, 0.5) is 8.78 Å². The molecule has 1 aromatic heterocycles. The highest BCUT2D eigenvalue weighted by atomic mass is 35.5. The van der Waals surface area contributed by atoms with Gasteiger partial charge in [0.15, 0.2) is 0 Å². The number of esters is 1. The number of halogens is 3. The number of aromatic nitrogens is 1. The monoisotopic (exact) mass is 237 g/mol. The van der Waals surface area contributed by atoms with Crippen LogP contribution in [-0.2, 0) is 4.74 Å². The van der Waals surface area contributed by atoms with E-state index in [4.69, 9.17) is 11.6 Å². The van der Waals surface area contributed by atoms with Crippen molar-refractivity contribution in [1.29, 1.82) is 0 Å². The smallest absolute Gasteiger partial charge is 0.339 e. The van der Waals surface area contributed by atoms with Crippen LogP contribution in [0.5, 0.6) is 0 Å². The van der Waals surface area contributed by atoms with Crippen LogP contribution in [0.15, 0.2) is 10.9 Å². The Morgan fingerprint density at radius 1 is 1.60 bits per heavy atom. The Bertz CT molecular complexity index is 444. The number of aromatic amines is 1. The Morgan fingerprint density at radius 2 is 2.20 bits per heavy atom. The molecule has 1 aromatic rings. The molecular weight excluding hydrogens is 232 g/mol. The first-order chi connectivity index (χ1) is 6.97. The van der Waals surface area contributed by atoms with E-state index in [0.717, 1.165) is 13.2 Å². The lowest BCUT2D eigenvalue weighted by molar-refractivity contribution is 0.0600. The zero-order valence-corrected chi connectivity index (χ0v) is 8.27. The zero-order valence-electron chi connectivity index (χ0n) is 7.51. The molecule has 0 spiro atoms. The molecule has 0 radical (unpaired) electrons. The second kappa shape index (κ2) is 4.39. The molecule has 0 saturated carbocycles. The summed E-state index contributed by atoms with van der Waals surface area (Å²) in [4.78, 5) is 24.0. The van der Waals surface area contributed by atoms with Crippen LogP contribution in [0.2, 0.25) is 5.02 Å². The number of hydrogen-bond donors (Lipinski definition) is 1. The lowest BCUT2D eigenvalue weighted by atomic mass is 10.2. The molecule has 0 atom stereocenters. The molecule has 15 heavy (non-hydrogen) atoms. The number of pyridine rings is 1. The first kappa shape index (κ1) is 11.6. The van der Waals surface area contributed by atoms with E-state index in [1.54, 1.807) is 0 Å². The van der Waals surface area contributed by atoms with Crippen LogP contribution in [-0.4, -0.2) is 18.1 Å². The van der Waals surface area contributed by atoms with E-state index in [-0.39, 0.29) is 5.56 Å². The van der Waals surface area contributed by atoms with Crippen LogP contribution in [0.1, 0.15) is 22.5 Å². The van der Waals surface area contributed by atoms with Crippen LogP contribution in [0.25, 0.3) is 0 Å². The number of carbonyl (C=O) groups excluding carboxylic acids is 1. The minimum atomic E-state index is -2.89. The van der Waals surface area contributed by atoms with Crippen LogP contribution >= 0.6 is 11.6 Å². The third kappa shape index (κ3) is 2.33. The van der Waals surface area contributed by atoms with Gasteiger partial charge in [-0.2, -0.15) is 0 Å². The molecule has 0 amide bonds. The molecule has 4 nitrogen and oxygen atoms in total. The van der Waals surface area contributed by atoms with Gasteiger partial charge in [0.25, 0.3) is 12.0 Å². The number of ether oxygens (including phenoxy) is 1. The third-order valence-corrected chi connectivity index (χ3v) is 2.01. The van der Waals surface area contributed by atoms with Gasteiger partial charge in [-0.25, -0.2) is 13.6 Å². The first-order valence-electron chi connectivity index (χ1n) is 3.76. The summed E-state index contributed by atoms with van der Waals surface area (Å²) in [6, 6.07) is 0.792. The predicted octanol–water partition coefficient (Wildman–Crippen LogP) is 1.75. The van der Waals surface area contributed by atoms with Gasteiger partial charge in [-0.3, -0.25) is 4.79 Å². The van der Waals surface area contributed by atoms with Gasteiger partial charge in [0.05, 0.1) is 18.4 Å². The SMILES string of the molecule is COC(=O)c1cc(C(F)F)[nH]c(=O)c1Cl. The topological polar surface area (TPSA) is 59.2 Å². The highest BCUT2D eigenvalue weighted by molar-refractivity contribution is 6.33. The number of rotatable bonds is 2. The van der Waals surface area contributed by atoms with Crippen LogP contribution in [0.3, 0.4) is 0 Å². The molecule has 0 unspecified atom stereocenters. The Labute approximate surface area is 87.8 Å². The largest absolute Gasteiger partial charge is 0.465 e. The lowest BCUT2D eigenvalue weighted by Gasteiger charge is -2.04. The standard InChI is InChI=1S/C8H6ClF2NO3/c1-15-8(14)3-2-4(6(10)11)12-7(13)5(3)9/h2,6H,1H3,(H,12,13). The Kier molecular flexibility index (Phi) is 3.41. The maximum atomic E-state index is 12.3. The summed E-state index contributed by atoms with van der Waals surface area (Å²) in [5.41, 5.74) is -2.00. The predicted molar refractivity (Wildman–Crippen MR) is 48.4 cm³/mol. The summed E-state index contributed by atoms with van der Waals surface area (Å²) in [7, 11) is 1.06. The van der Waals surface area contributed by atoms with Gasteiger partial charge in [-0.05, 0) is 6.07 Å². The summed E-state index contributed by atoms with van der Waals surface area (Å²) in [6.07, 6.45) is -2.89. The van der Waals surface area contributed by atoms with Gasteiger partial charge < -0.3 is 9.72 Å². The van der Waals surface area contributed by atoms with Gasteiger partial charge in [0, 0.05) is 0 Å². The summed E-state index contributed by atoms with van der Waals surface area (Å²) >= 11 is 5.45. The first-order valence-corrected chi connectivity index (χ1v) is 4.14. The van der Waals surface area contributed by atoms with Crippen molar-refractivity contribution in [2.45, 2.75) is 6.43 Å². The van der Waals surface area contributed by atoms with Crippen LogP contribution < -0.4 is 5.56 Å². The number of carbonyl (C=O) groups is 1. The highest BCUT2D eigenvalue weighted by Gasteiger charge is 2.18. The molecule has 0 aromatic carbocycles. The minimum absolute atomic E-state index is 0.377. The summed E-state index contributed by atoms with van der Waals surface area (Å²) in [5, 5.41) is -0.466. The van der Waals surface area contributed by atoms with E-state index in [9.17, 15) is 18.4 Å². The summed E-state index contributed by atoms with van der Waals surface area (Å²) in [5.74, 6) is -0.937. The molecule has 0 fully saturated rings. The Morgan fingerprint density at radius 3 is 2.67 bits per heavy atom. The van der Waals surface area contributed by atoms with Gasteiger partial charge in [-0.15, -0.1) is 0 Å². The van der Waals surface area contributed by atoms with E-state index >= 15 is 0 Å². The fourth-order valence-corrected chi connectivity index (χ4v) is 1.12. The van der Waals surface area contributed by atoms with Crippen molar-refractivity contribution in [3.63, 3.8) is 0 Å². The second-order valence-corrected chi connectivity index (χ2v) is 2.95. The highest BCUT2D eigenvalue weighted by Crippen LogP contribution is 2.19. The number of nitrogens with one attached hydrogen (secondary N) is 1. The van der Waals surface area contributed by atoms with Crippen molar-refractivity contribution >= 4 is 17.6 Å². The molecule has 1 heterocycles. The number of methoxy groups -OCH3 is 1. The molecule has 0 aliphatic rings. The van der Waals surface area contributed by atoms with Crippen molar-refractivity contribution in [3.05, 3.63) is 32.7 Å². The maximum Gasteiger partial charge on any atom is 0.339 e. The van der Waals surface area contributed by atoms with Gasteiger partial charge in [-0.1, -0.05) is 11.6 Å². The molecule has 82 valence electrons. The lowest BCUT2D eigenvalue weighted by Crippen LogP contribution is -2.16. The molecule has 7 heteroatoms. The van der Waals surface area contributed by atoms with E-state index in [0.29, 0.717) is 0 Å². The fraction of sp³-hybridized carbons (Fsp3) is 0.250. The fourth-order valence-electron chi connectivity index (χ4n) is 0.939. The molecule has 0 saturated heterocycles. The number of hydrogen-bond acceptors (Lipinski definition) is 3. The van der Waals surface area contributed by atoms with E-state index in [1.807, 2.05) is 4.98 Å². The quantitative estimate of drug-likeness (QED) is 0.798. The van der Waals surface area contributed by atoms with Crippen molar-refractivity contribution in [1.82, 2.24) is 4.98 Å². The van der Waals surface area contributed by atoms with E-state index in [2.05, 4.69) is 4.74 Å². The van der Waals surface area contributed by atoms with Gasteiger partial charge in [0.1, 0.15) is 5.02 Å². The van der Waals surface area contributed by atoms with Crippen molar-refractivity contribution in [2.24, 2.45) is 0 Å². The number of H-pyrrole nitrogens is 1. The normalized spacial score (nSPS) is 10.5. The second-order valence-electron chi connectivity index (χ2n) is 2.57. The molecule has 0 bridgehead atoms. The third-order valence-electron chi connectivity index (χ3n) is 1.63. The van der Waals surface area contributed by atoms with Gasteiger partial charge in [0.2, 0.25) is 0 Å². The maximum absolute atomic E-state index is 12.3. The Hall–Kier alpha value is -1.43. The van der Waals surface area contributed by atoms with Crippen molar-refractivity contribution < 1.29 is 18.3 Å². The molecule has 1 rings (SSSR count). The average Bonchev–Trinajstić information content (AvgIpc) is 2.20. The van der Waals surface area contributed by atoms with E-state index < -0.39 is 28.7 Å². The summed E-state index contributed by atoms with van der Waals surface area (Å²) in [6.45, 7) is 0. The molecular formula is C8H6ClF2NO3. The van der Waals surface area contributed by atoms with E-state index in [1.165, 1.54) is 0 Å². The average molecular weight is 238 g/mol. The van der Waals surface area contributed by atoms with Crippen molar-refractivity contribution in [2.75, 3.05) is 7.11 Å². The Balaban J connectivity index is 3.38. The molecule has 0 aliphatic heterocycles. The van der Waals surface area contributed by atoms with Gasteiger partial charge >= 0.3 is 5.97 Å². The summed E-state index contributed by atoms with van der Waals surface area (Å²) < 4.78 is 28.8. The van der Waals surface area contributed by atoms with Crippen LogP contribution in [0, 0.1) is 0 Å². The number of alkyl halides is 2. The van der Waals surface area contributed by atoms with Crippen molar-refractivity contribution in [3.8, 4) is 0 Å². The zero-order chi connectivity index (χ0) is 11.6. The molecule has 0 aliphatic carbocycles. The minimum Gasteiger partial charge on any atom is -0.465 e.